The summed E-state index contributed by atoms with van der Waals surface area (Å²) in [6, 6.07) is 2.19. The second-order valence-corrected chi connectivity index (χ2v) is 7.60. The number of hydrogen-bond acceptors (Lipinski definition) is 4. The SMILES string of the molecule is O=S1(=O)CC(O)C(Nc2cc(C(F)(F)F)ccc2Br)C1. The second kappa shape index (κ2) is 5.19. The third-order valence-corrected chi connectivity index (χ3v) is 5.37. The Morgan fingerprint density at radius 3 is 2.45 bits per heavy atom. The minimum atomic E-state index is -4.49. The molecule has 2 atom stereocenters. The Balaban J connectivity index is 2.26. The molecule has 1 aromatic rings. The molecule has 1 aliphatic rings. The van der Waals surface area contributed by atoms with Gasteiger partial charge in [-0.05, 0) is 34.1 Å². The number of alkyl halides is 3. The van der Waals surface area contributed by atoms with E-state index in [9.17, 15) is 26.7 Å². The first-order valence-electron chi connectivity index (χ1n) is 5.60. The van der Waals surface area contributed by atoms with Crippen molar-refractivity contribution in [3.05, 3.63) is 28.2 Å². The van der Waals surface area contributed by atoms with Crippen LogP contribution in [-0.2, 0) is 16.0 Å². The highest BCUT2D eigenvalue weighted by molar-refractivity contribution is 9.10. The maximum atomic E-state index is 12.6. The molecule has 4 nitrogen and oxygen atoms in total. The third kappa shape index (κ3) is 3.44. The van der Waals surface area contributed by atoms with Gasteiger partial charge in [0.25, 0.3) is 0 Å². The number of benzene rings is 1. The summed E-state index contributed by atoms with van der Waals surface area (Å²) in [6.07, 6.45) is -5.63. The van der Waals surface area contributed by atoms with Gasteiger partial charge in [-0.1, -0.05) is 0 Å². The fraction of sp³-hybridized carbons (Fsp3) is 0.455. The van der Waals surface area contributed by atoms with E-state index >= 15 is 0 Å². The minimum Gasteiger partial charge on any atom is -0.390 e. The highest BCUT2D eigenvalue weighted by Gasteiger charge is 2.37. The zero-order valence-electron chi connectivity index (χ0n) is 9.98. The Hall–Kier alpha value is -0.800. The van der Waals surface area contributed by atoms with E-state index in [-0.39, 0.29) is 17.2 Å². The van der Waals surface area contributed by atoms with Crippen LogP contribution in [0, 0.1) is 0 Å². The smallest absolute Gasteiger partial charge is 0.390 e. The summed E-state index contributed by atoms with van der Waals surface area (Å²) in [5.41, 5.74) is -0.750. The summed E-state index contributed by atoms with van der Waals surface area (Å²) in [7, 11) is -3.37. The van der Waals surface area contributed by atoms with Crippen molar-refractivity contribution in [3.63, 3.8) is 0 Å². The summed E-state index contributed by atoms with van der Waals surface area (Å²) in [6.45, 7) is 0. The topological polar surface area (TPSA) is 66.4 Å². The molecular weight excluding hydrogens is 363 g/mol. The molecule has 1 aliphatic heterocycles. The summed E-state index contributed by atoms with van der Waals surface area (Å²) in [4.78, 5) is 0. The van der Waals surface area contributed by atoms with Gasteiger partial charge in [0.05, 0.1) is 29.2 Å². The predicted octanol–water partition coefficient (Wildman–Crippen LogP) is 2.04. The van der Waals surface area contributed by atoms with Crippen LogP contribution < -0.4 is 5.32 Å². The molecular formula is C11H11BrF3NO3S. The van der Waals surface area contributed by atoms with Crippen LogP contribution in [0.4, 0.5) is 18.9 Å². The van der Waals surface area contributed by atoms with E-state index in [1.54, 1.807) is 0 Å². The lowest BCUT2D eigenvalue weighted by molar-refractivity contribution is -0.137. The number of anilines is 1. The Labute approximate surface area is 122 Å². The van der Waals surface area contributed by atoms with Crippen LogP contribution in [0.2, 0.25) is 0 Å². The van der Waals surface area contributed by atoms with Crippen LogP contribution >= 0.6 is 15.9 Å². The van der Waals surface area contributed by atoms with Crippen molar-refractivity contribution >= 4 is 31.5 Å². The molecule has 0 amide bonds. The fourth-order valence-corrected chi connectivity index (χ4v) is 4.08. The Kier molecular flexibility index (Phi) is 4.05. The second-order valence-electron chi connectivity index (χ2n) is 4.59. The molecule has 112 valence electrons. The van der Waals surface area contributed by atoms with Crippen LogP contribution in [-0.4, -0.2) is 37.2 Å². The monoisotopic (exact) mass is 373 g/mol. The summed E-state index contributed by atoms with van der Waals surface area (Å²) >= 11 is 3.09. The molecule has 20 heavy (non-hydrogen) atoms. The van der Waals surface area contributed by atoms with E-state index in [1.165, 1.54) is 6.07 Å². The first-order valence-corrected chi connectivity index (χ1v) is 8.22. The normalized spacial score (nSPS) is 25.6. The van der Waals surface area contributed by atoms with Crippen LogP contribution in [0.15, 0.2) is 22.7 Å². The average Bonchev–Trinajstić information content (AvgIpc) is 2.53. The van der Waals surface area contributed by atoms with E-state index in [2.05, 4.69) is 21.2 Å². The number of halogens is 4. The zero-order chi connectivity index (χ0) is 15.1. The van der Waals surface area contributed by atoms with Gasteiger partial charge in [-0.15, -0.1) is 0 Å². The van der Waals surface area contributed by atoms with Gasteiger partial charge in [-0.3, -0.25) is 0 Å². The first kappa shape index (κ1) is 15.6. The van der Waals surface area contributed by atoms with Crippen molar-refractivity contribution in [1.29, 1.82) is 0 Å². The molecule has 2 N–H and O–H groups in total. The maximum Gasteiger partial charge on any atom is 0.416 e. The highest BCUT2D eigenvalue weighted by Crippen LogP contribution is 2.34. The number of hydrogen-bond donors (Lipinski definition) is 2. The van der Waals surface area contributed by atoms with Gasteiger partial charge < -0.3 is 10.4 Å². The van der Waals surface area contributed by atoms with Gasteiger partial charge >= 0.3 is 6.18 Å². The van der Waals surface area contributed by atoms with Crippen molar-refractivity contribution in [3.8, 4) is 0 Å². The molecule has 2 unspecified atom stereocenters. The molecule has 0 spiro atoms. The lowest BCUT2D eigenvalue weighted by Gasteiger charge is -2.18. The molecule has 0 saturated carbocycles. The molecule has 2 rings (SSSR count). The maximum absolute atomic E-state index is 12.6. The summed E-state index contributed by atoms with van der Waals surface area (Å²) in [5.74, 6) is -0.696. The van der Waals surface area contributed by atoms with E-state index in [4.69, 9.17) is 0 Å². The number of aliphatic hydroxyl groups is 1. The molecule has 0 bridgehead atoms. The Morgan fingerprint density at radius 1 is 1.30 bits per heavy atom. The molecule has 0 aromatic heterocycles. The highest BCUT2D eigenvalue weighted by atomic mass is 79.9. The number of rotatable bonds is 2. The first-order chi connectivity index (χ1) is 9.08. The number of aliphatic hydroxyl groups excluding tert-OH is 1. The minimum absolute atomic E-state index is 0.0981. The van der Waals surface area contributed by atoms with Gasteiger partial charge in [-0.2, -0.15) is 13.2 Å². The zero-order valence-corrected chi connectivity index (χ0v) is 12.4. The lowest BCUT2D eigenvalue weighted by atomic mass is 10.1. The quantitative estimate of drug-likeness (QED) is 0.832. The van der Waals surface area contributed by atoms with Crippen LogP contribution in [0.3, 0.4) is 0 Å². The predicted molar refractivity (Wildman–Crippen MR) is 71.2 cm³/mol. The molecule has 9 heteroatoms. The van der Waals surface area contributed by atoms with Crippen molar-refractivity contribution < 1.29 is 26.7 Å². The van der Waals surface area contributed by atoms with E-state index in [0.717, 1.165) is 12.1 Å². The summed E-state index contributed by atoms with van der Waals surface area (Å²) < 4.78 is 61.0. The molecule has 1 saturated heterocycles. The molecule has 0 aliphatic carbocycles. The average molecular weight is 374 g/mol. The third-order valence-electron chi connectivity index (χ3n) is 2.96. The number of nitrogens with one attached hydrogen (secondary N) is 1. The van der Waals surface area contributed by atoms with E-state index < -0.39 is 33.7 Å². The molecule has 0 radical (unpaired) electrons. The van der Waals surface area contributed by atoms with Crippen molar-refractivity contribution in [2.24, 2.45) is 0 Å². The largest absolute Gasteiger partial charge is 0.416 e. The summed E-state index contributed by atoms with van der Waals surface area (Å²) in [5, 5.41) is 12.3. The lowest BCUT2D eigenvalue weighted by Crippen LogP contribution is -2.32. The van der Waals surface area contributed by atoms with Gasteiger partial charge in [-0.25, -0.2) is 8.42 Å². The van der Waals surface area contributed by atoms with Gasteiger partial charge in [0, 0.05) is 10.2 Å². The van der Waals surface area contributed by atoms with Crippen molar-refractivity contribution in [2.45, 2.75) is 18.3 Å². The van der Waals surface area contributed by atoms with Crippen molar-refractivity contribution in [1.82, 2.24) is 0 Å². The van der Waals surface area contributed by atoms with E-state index in [0.29, 0.717) is 4.47 Å². The van der Waals surface area contributed by atoms with Crippen LogP contribution in [0.1, 0.15) is 5.56 Å². The Morgan fingerprint density at radius 2 is 1.95 bits per heavy atom. The molecule has 1 aromatic carbocycles. The van der Waals surface area contributed by atoms with E-state index in [1.807, 2.05) is 0 Å². The van der Waals surface area contributed by atoms with Crippen molar-refractivity contribution in [2.75, 3.05) is 16.8 Å². The molecule has 1 fully saturated rings. The van der Waals surface area contributed by atoms with Gasteiger partial charge in [0.15, 0.2) is 9.84 Å². The number of sulfone groups is 1. The van der Waals surface area contributed by atoms with Crippen LogP contribution in [0.5, 0.6) is 0 Å². The standard InChI is InChI=1S/C11H11BrF3NO3S/c12-7-2-1-6(11(13,14)15)3-8(7)16-9-4-20(18,19)5-10(9)17/h1-3,9-10,16-17H,4-5H2. The van der Waals surface area contributed by atoms with Gasteiger partial charge in [0.1, 0.15) is 0 Å². The Bertz CT molecular complexity index is 618. The fourth-order valence-electron chi connectivity index (χ4n) is 1.98. The molecule has 1 heterocycles. The van der Waals surface area contributed by atoms with Gasteiger partial charge in [0.2, 0.25) is 0 Å². The van der Waals surface area contributed by atoms with Crippen LogP contribution in [0.25, 0.3) is 0 Å².